The van der Waals surface area contributed by atoms with Crippen LogP contribution < -0.4 is 0 Å². The summed E-state index contributed by atoms with van der Waals surface area (Å²) in [4.78, 5) is 11.7. The predicted molar refractivity (Wildman–Crippen MR) is 62.8 cm³/mol. The van der Waals surface area contributed by atoms with Gasteiger partial charge in [-0.2, -0.15) is 5.10 Å². The summed E-state index contributed by atoms with van der Waals surface area (Å²) >= 11 is 0. The highest BCUT2D eigenvalue weighted by molar-refractivity contribution is 5.96. The minimum absolute atomic E-state index is 0.191. The van der Waals surface area contributed by atoms with E-state index in [1.807, 2.05) is 43.5 Å². The van der Waals surface area contributed by atoms with Crippen molar-refractivity contribution >= 4 is 5.78 Å². The van der Waals surface area contributed by atoms with Crippen molar-refractivity contribution in [1.82, 2.24) is 9.78 Å². The van der Waals surface area contributed by atoms with Crippen molar-refractivity contribution in [2.45, 2.75) is 19.8 Å². The Kier molecular flexibility index (Phi) is 3.15. The smallest absolute Gasteiger partial charge is 0.162 e. The molecule has 2 rings (SSSR count). The van der Waals surface area contributed by atoms with Gasteiger partial charge in [0, 0.05) is 24.4 Å². The van der Waals surface area contributed by atoms with Crippen LogP contribution in [0.1, 0.15) is 30.1 Å². The maximum absolute atomic E-state index is 11.7. The molecule has 0 N–H and O–H groups in total. The Hall–Kier alpha value is -1.90. The molecule has 0 spiro atoms. The van der Waals surface area contributed by atoms with Crippen molar-refractivity contribution in [2.75, 3.05) is 0 Å². The molecular weight excluding hydrogens is 200 g/mol. The molecule has 3 heteroatoms. The van der Waals surface area contributed by atoms with Crippen LogP contribution in [0.2, 0.25) is 0 Å². The van der Waals surface area contributed by atoms with E-state index >= 15 is 0 Å². The molecule has 82 valence electrons. The molecule has 0 atom stereocenters. The number of nitrogens with zero attached hydrogens (tertiary/aromatic N) is 2. The number of hydrogen-bond acceptors (Lipinski definition) is 2. The Morgan fingerprint density at radius 2 is 2.25 bits per heavy atom. The van der Waals surface area contributed by atoms with Crippen LogP contribution >= 0.6 is 0 Å². The van der Waals surface area contributed by atoms with E-state index in [9.17, 15) is 4.79 Å². The molecule has 0 fully saturated rings. The molecule has 1 aromatic heterocycles. The molecule has 3 nitrogen and oxygen atoms in total. The Balaban J connectivity index is 2.30. The zero-order valence-corrected chi connectivity index (χ0v) is 9.26. The van der Waals surface area contributed by atoms with Gasteiger partial charge in [0.2, 0.25) is 0 Å². The van der Waals surface area contributed by atoms with Gasteiger partial charge in [-0.15, -0.1) is 0 Å². The maximum atomic E-state index is 11.7. The van der Waals surface area contributed by atoms with Crippen molar-refractivity contribution in [3.8, 4) is 5.69 Å². The second-order valence-electron chi connectivity index (χ2n) is 3.67. The zero-order chi connectivity index (χ0) is 11.4. The molecule has 1 heterocycles. The summed E-state index contributed by atoms with van der Waals surface area (Å²) < 4.78 is 1.75. The summed E-state index contributed by atoms with van der Waals surface area (Å²) in [6.45, 7) is 2.01. The highest BCUT2D eigenvalue weighted by atomic mass is 16.1. The number of ketones is 1. The number of carbonyl (C=O) groups is 1. The predicted octanol–water partition coefficient (Wildman–Crippen LogP) is 2.86. The van der Waals surface area contributed by atoms with E-state index in [0.29, 0.717) is 6.42 Å². The number of hydrogen-bond donors (Lipinski definition) is 0. The summed E-state index contributed by atoms with van der Waals surface area (Å²) in [7, 11) is 0. The molecule has 0 aliphatic heterocycles. The minimum atomic E-state index is 0.191. The van der Waals surface area contributed by atoms with E-state index < -0.39 is 0 Å². The Morgan fingerprint density at radius 1 is 1.38 bits per heavy atom. The molecular formula is C13H14N2O. The minimum Gasteiger partial charge on any atom is -0.294 e. The van der Waals surface area contributed by atoms with E-state index in [4.69, 9.17) is 0 Å². The van der Waals surface area contributed by atoms with Crippen LogP contribution in [0, 0.1) is 0 Å². The Bertz CT molecular complexity index is 474. The van der Waals surface area contributed by atoms with Crippen LogP contribution in [0.3, 0.4) is 0 Å². The van der Waals surface area contributed by atoms with Crippen LogP contribution in [0.25, 0.3) is 5.69 Å². The normalized spacial score (nSPS) is 10.3. The van der Waals surface area contributed by atoms with Crippen molar-refractivity contribution in [2.24, 2.45) is 0 Å². The molecule has 0 amide bonds. The van der Waals surface area contributed by atoms with E-state index in [1.165, 1.54) is 0 Å². The van der Waals surface area contributed by atoms with Gasteiger partial charge in [0.25, 0.3) is 0 Å². The summed E-state index contributed by atoms with van der Waals surface area (Å²) in [5.74, 6) is 0.191. The molecule has 0 bridgehead atoms. The third kappa shape index (κ3) is 2.19. The average Bonchev–Trinajstić information content (AvgIpc) is 2.83. The van der Waals surface area contributed by atoms with E-state index in [1.54, 1.807) is 10.9 Å². The number of aromatic nitrogens is 2. The lowest BCUT2D eigenvalue weighted by molar-refractivity contribution is 0.0981. The second-order valence-corrected chi connectivity index (χ2v) is 3.67. The van der Waals surface area contributed by atoms with Crippen molar-refractivity contribution < 1.29 is 4.79 Å². The van der Waals surface area contributed by atoms with Crippen molar-refractivity contribution in [3.63, 3.8) is 0 Å². The zero-order valence-electron chi connectivity index (χ0n) is 9.26. The van der Waals surface area contributed by atoms with Gasteiger partial charge in [-0.1, -0.05) is 19.1 Å². The lowest BCUT2D eigenvalue weighted by Crippen LogP contribution is -2.01. The standard InChI is InChI=1S/C13H14N2O/c1-2-5-13(16)11-6-3-7-12(10-11)15-9-4-8-14-15/h3-4,6-10H,2,5H2,1H3. The number of benzene rings is 1. The van der Waals surface area contributed by atoms with E-state index in [0.717, 1.165) is 17.7 Å². The van der Waals surface area contributed by atoms with Gasteiger partial charge in [-0.05, 0) is 24.6 Å². The average molecular weight is 214 g/mol. The first-order chi connectivity index (χ1) is 7.81. The summed E-state index contributed by atoms with van der Waals surface area (Å²) in [6, 6.07) is 9.42. The van der Waals surface area contributed by atoms with Gasteiger partial charge >= 0.3 is 0 Å². The maximum Gasteiger partial charge on any atom is 0.162 e. The summed E-state index contributed by atoms with van der Waals surface area (Å²) in [5.41, 5.74) is 1.68. The first kappa shape index (κ1) is 10.6. The SMILES string of the molecule is CCCC(=O)c1cccc(-n2cccn2)c1. The molecule has 0 aliphatic rings. The fourth-order valence-corrected chi connectivity index (χ4v) is 1.61. The number of rotatable bonds is 4. The highest BCUT2D eigenvalue weighted by Gasteiger charge is 2.05. The van der Waals surface area contributed by atoms with E-state index in [2.05, 4.69) is 5.10 Å². The lowest BCUT2D eigenvalue weighted by atomic mass is 10.1. The summed E-state index contributed by atoms with van der Waals surface area (Å²) in [6.07, 6.45) is 5.07. The third-order valence-electron chi connectivity index (χ3n) is 2.41. The Morgan fingerprint density at radius 3 is 2.94 bits per heavy atom. The van der Waals surface area contributed by atoms with Crippen LogP contribution in [-0.4, -0.2) is 15.6 Å². The molecule has 0 unspecified atom stereocenters. The first-order valence-electron chi connectivity index (χ1n) is 5.44. The van der Waals surface area contributed by atoms with Crippen molar-refractivity contribution in [3.05, 3.63) is 48.3 Å². The van der Waals surface area contributed by atoms with Crippen LogP contribution in [0.4, 0.5) is 0 Å². The molecule has 0 radical (unpaired) electrons. The van der Waals surface area contributed by atoms with Crippen LogP contribution in [0.5, 0.6) is 0 Å². The number of Topliss-reactive ketones (excluding diaryl/α,β-unsaturated/α-hetero) is 1. The fraction of sp³-hybridized carbons (Fsp3) is 0.231. The van der Waals surface area contributed by atoms with Gasteiger partial charge in [-0.3, -0.25) is 4.79 Å². The van der Waals surface area contributed by atoms with Crippen LogP contribution in [0.15, 0.2) is 42.7 Å². The van der Waals surface area contributed by atoms with E-state index in [-0.39, 0.29) is 5.78 Å². The molecule has 1 aromatic carbocycles. The lowest BCUT2D eigenvalue weighted by Gasteiger charge is -2.04. The Labute approximate surface area is 94.7 Å². The fourth-order valence-electron chi connectivity index (χ4n) is 1.61. The van der Waals surface area contributed by atoms with Gasteiger partial charge in [0.15, 0.2) is 5.78 Å². The number of carbonyl (C=O) groups excluding carboxylic acids is 1. The molecule has 0 aliphatic carbocycles. The monoisotopic (exact) mass is 214 g/mol. The molecule has 0 saturated heterocycles. The third-order valence-corrected chi connectivity index (χ3v) is 2.41. The quantitative estimate of drug-likeness (QED) is 0.733. The molecule has 16 heavy (non-hydrogen) atoms. The van der Waals surface area contributed by atoms with Crippen molar-refractivity contribution in [1.29, 1.82) is 0 Å². The highest BCUT2D eigenvalue weighted by Crippen LogP contribution is 2.11. The molecule has 2 aromatic rings. The van der Waals surface area contributed by atoms with Gasteiger partial charge in [0.1, 0.15) is 0 Å². The van der Waals surface area contributed by atoms with Gasteiger partial charge < -0.3 is 0 Å². The van der Waals surface area contributed by atoms with Crippen LogP contribution in [-0.2, 0) is 0 Å². The van der Waals surface area contributed by atoms with Gasteiger partial charge in [0.05, 0.1) is 5.69 Å². The molecule has 0 saturated carbocycles. The summed E-state index contributed by atoms with van der Waals surface area (Å²) in [5, 5.41) is 4.14. The van der Waals surface area contributed by atoms with Gasteiger partial charge in [-0.25, -0.2) is 4.68 Å². The largest absolute Gasteiger partial charge is 0.294 e. The second kappa shape index (κ2) is 4.75. The topological polar surface area (TPSA) is 34.9 Å². The first-order valence-corrected chi connectivity index (χ1v) is 5.44.